The van der Waals surface area contributed by atoms with Crippen LogP contribution in [0.4, 0.5) is 4.39 Å². The lowest BCUT2D eigenvalue weighted by molar-refractivity contribution is 0.0704. The maximum absolute atomic E-state index is 14.6. The first-order chi connectivity index (χ1) is 13.4. The SMILES string of the molecule is Cc1cc(C)c(-c2n[nH]c3c2C(c2ccccc2F)N(CCO)C3=O)c(O)c1. The highest BCUT2D eigenvalue weighted by molar-refractivity contribution is 6.00. The number of hydrogen-bond donors (Lipinski definition) is 3. The number of phenolic OH excluding ortho intramolecular Hbond substituents is 1. The number of aliphatic hydroxyl groups is 1. The van der Waals surface area contributed by atoms with Crippen molar-refractivity contribution in [1.29, 1.82) is 0 Å². The fourth-order valence-electron chi connectivity index (χ4n) is 4.00. The van der Waals surface area contributed by atoms with Crippen molar-refractivity contribution in [2.45, 2.75) is 19.9 Å². The number of aliphatic hydroxyl groups excluding tert-OH is 1. The first-order valence-electron chi connectivity index (χ1n) is 8.99. The quantitative estimate of drug-likeness (QED) is 0.648. The monoisotopic (exact) mass is 381 g/mol. The third-order valence-electron chi connectivity index (χ3n) is 5.10. The first kappa shape index (κ1) is 18.2. The molecule has 4 rings (SSSR count). The van der Waals surface area contributed by atoms with E-state index in [9.17, 15) is 19.4 Å². The Balaban J connectivity index is 1.97. The van der Waals surface area contributed by atoms with Crippen molar-refractivity contribution >= 4 is 5.91 Å². The van der Waals surface area contributed by atoms with Gasteiger partial charge in [0.05, 0.1) is 12.6 Å². The molecule has 6 nitrogen and oxygen atoms in total. The number of fused-ring (bicyclic) bond motifs is 1. The highest BCUT2D eigenvalue weighted by Gasteiger charge is 2.43. The lowest BCUT2D eigenvalue weighted by Crippen LogP contribution is -2.32. The molecule has 144 valence electrons. The molecule has 1 amide bonds. The van der Waals surface area contributed by atoms with Gasteiger partial charge in [0.15, 0.2) is 0 Å². The molecule has 1 unspecified atom stereocenters. The van der Waals surface area contributed by atoms with E-state index in [1.807, 2.05) is 19.9 Å². The molecular formula is C21H20FN3O3. The molecule has 1 atom stereocenters. The molecule has 1 aliphatic rings. The van der Waals surface area contributed by atoms with Gasteiger partial charge >= 0.3 is 0 Å². The number of aromatic amines is 1. The van der Waals surface area contributed by atoms with Crippen LogP contribution in [0.2, 0.25) is 0 Å². The van der Waals surface area contributed by atoms with Crippen LogP contribution in [0, 0.1) is 19.7 Å². The summed E-state index contributed by atoms with van der Waals surface area (Å²) >= 11 is 0. The molecule has 7 heteroatoms. The van der Waals surface area contributed by atoms with Gasteiger partial charge in [-0.05, 0) is 37.1 Å². The summed E-state index contributed by atoms with van der Waals surface area (Å²) < 4.78 is 14.6. The van der Waals surface area contributed by atoms with Crippen LogP contribution in [0.1, 0.15) is 38.8 Å². The number of nitrogens with zero attached hydrogens (tertiary/aromatic N) is 2. The third kappa shape index (κ3) is 2.66. The van der Waals surface area contributed by atoms with Crippen LogP contribution in [0.25, 0.3) is 11.3 Å². The number of H-pyrrole nitrogens is 1. The van der Waals surface area contributed by atoms with Crippen LogP contribution in [0.3, 0.4) is 0 Å². The van der Waals surface area contributed by atoms with Crippen LogP contribution in [0.15, 0.2) is 36.4 Å². The molecule has 0 fully saturated rings. The molecule has 0 bridgehead atoms. The Bertz CT molecular complexity index is 1050. The molecule has 0 spiro atoms. The number of hydrogen-bond acceptors (Lipinski definition) is 4. The van der Waals surface area contributed by atoms with Crippen molar-refractivity contribution in [2.24, 2.45) is 0 Å². The Morgan fingerprint density at radius 2 is 2.00 bits per heavy atom. The highest BCUT2D eigenvalue weighted by Crippen LogP contribution is 2.45. The molecular weight excluding hydrogens is 361 g/mol. The minimum atomic E-state index is -0.746. The summed E-state index contributed by atoms with van der Waals surface area (Å²) in [5.41, 5.74) is 3.67. The number of amides is 1. The summed E-state index contributed by atoms with van der Waals surface area (Å²) in [7, 11) is 0. The summed E-state index contributed by atoms with van der Waals surface area (Å²) in [6.07, 6.45) is 0. The van der Waals surface area contributed by atoms with Crippen LogP contribution in [-0.4, -0.2) is 44.4 Å². The number of halogens is 1. The predicted octanol–water partition coefficient (Wildman–Crippen LogP) is 3.08. The molecule has 28 heavy (non-hydrogen) atoms. The van der Waals surface area contributed by atoms with E-state index >= 15 is 0 Å². The van der Waals surface area contributed by atoms with Gasteiger partial charge in [0, 0.05) is 23.2 Å². The largest absolute Gasteiger partial charge is 0.507 e. The van der Waals surface area contributed by atoms with Gasteiger partial charge in [-0.3, -0.25) is 9.89 Å². The summed E-state index contributed by atoms with van der Waals surface area (Å²) in [4.78, 5) is 14.3. The number of nitrogens with one attached hydrogen (secondary N) is 1. The van der Waals surface area contributed by atoms with E-state index in [4.69, 9.17) is 0 Å². The Hall–Kier alpha value is -3.19. The number of aromatic hydroxyl groups is 1. The van der Waals surface area contributed by atoms with Crippen LogP contribution >= 0.6 is 0 Å². The first-order valence-corrected chi connectivity index (χ1v) is 8.99. The standard InChI is InChI=1S/C21H20FN3O3/c1-11-9-12(2)16(15(27)10-11)18-17-19(24-23-18)21(28)25(7-8-26)20(17)13-5-3-4-6-14(13)22/h3-6,9-10,20,26-27H,7-8H2,1-2H3,(H,23,24). The third-order valence-corrected chi connectivity index (χ3v) is 5.10. The Labute approximate surface area is 161 Å². The molecule has 2 heterocycles. The zero-order valence-corrected chi connectivity index (χ0v) is 15.5. The van der Waals surface area contributed by atoms with Crippen LogP contribution < -0.4 is 0 Å². The summed E-state index contributed by atoms with van der Waals surface area (Å²) in [6, 6.07) is 9.03. The number of benzene rings is 2. The molecule has 0 saturated carbocycles. The number of phenols is 1. The normalized spacial score (nSPS) is 15.9. The van der Waals surface area contributed by atoms with Gasteiger partial charge in [-0.1, -0.05) is 24.3 Å². The van der Waals surface area contributed by atoms with Crippen molar-refractivity contribution in [3.05, 3.63) is 70.2 Å². The van der Waals surface area contributed by atoms with Gasteiger partial charge in [0.25, 0.3) is 5.91 Å². The zero-order chi connectivity index (χ0) is 20.0. The smallest absolute Gasteiger partial charge is 0.273 e. The molecule has 1 aliphatic heterocycles. The maximum Gasteiger partial charge on any atom is 0.273 e. The van der Waals surface area contributed by atoms with Gasteiger partial charge in [0.1, 0.15) is 23.0 Å². The summed E-state index contributed by atoms with van der Waals surface area (Å²) in [5, 5.41) is 27.0. The Morgan fingerprint density at radius 3 is 2.68 bits per heavy atom. The van der Waals surface area contributed by atoms with Gasteiger partial charge in [-0.2, -0.15) is 5.10 Å². The fourth-order valence-corrected chi connectivity index (χ4v) is 4.00. The number of aryl methyl sites for hydroxylation is 2. The van der Waals surface area contributed by atoms with Crippen molar-refractivity contribution in [2.75, 3.05) is 13.2 Å². The van der Waals surface area contributed by atoms with Crippen molar-refractivity contribution in [3.8, 4) is 17.0 Å². The lowest BCUT2D eigenvalue weighted by Gasteiger charge is -2.26. The zero-order valence-electron chi connectivity index (χ0n) is 15.5. The van der Waals surface area contributed by atoms with E-state index in [-0.39, 0.29) is 30.5 Å². The molecule has 0 saturated heterocycles. The second-order valence-electron chi connectivity index (χ2n) is 6.98. The summed E-state index contributed by atoms with van der Waals surface area (Å²) in [6.45, 7) is 3.53. The summed E-state index contributed by atoms with van der Waals surface area (Å²) in [5.74, 6) is -0.763. The molecule has 1 aromatic heterocycles. The second kappa shape index (κ2) is 6.76. The van der Waals surface area contributed by atoms with E-state index < -0.39 is 11.9 Å². The topological polar surface area (TPSA) is 89.5 Å². The molecule has 2 aromatic carbocycles. The van der Waals surface area contributed by atoms with E-state index in [0.29, 0.717) is 22.4 Å². The number of carbonyl (C=O) groups is 1. The minimum absolute atomic E-state index is 0.0483. The molecule has 3 N–H and O–H groups in total. The second-order valence-corrected chi connectivity index (χ2v) is 6.98. The average molecular weight is 381 g/mol. The number of β-amino-alcohol motifs (C(OH)–C–C–N with tert-alkyl or cyclic N) is 1. The van der Waals surface area contributed by atoms with Crippen LogP contribution in [0.5, 0.6) is 5.75 Å². The van der Waals surface area contributed by atoms with Crippen molar-refractivity contribution in [3.63, 3.8) is 0 Å². The fraction of sp³-hybridized carbons (Fsp3) is 0.238. The number of rotatable bonds is 4. The minimum Gasteiger partial charge on any atom is -0.507 e. The van der Waals surface area contributed by atoms with E-state index in [0.717, 1.165) is 11.1 Å². The number of aromatic nitrogens is 2. The van der Waals surface area contributed by atoms with Crippen molar-refractivity contribution in [1.82, 2.24) is 15.1 Å². The van der Waals surface area contributed by atoms with Gasteiger partial charge in [-0.25, -0.2) is 4.39 Å². The van der Waals surface area contributed by atoms with E-state index in [1.165, 1.54) is 11.0 Å². The predicted molar refractivity (Wildman–Crippen MR) is 102 cm³/mol. The Kier molecular flexibility index (Phi) is 4.39. The van der Waals surface area contributed by atoms with Gasteiger partial charge < -0.3 is 15.1 Å². The van der Waals surface area contributed by atoms with Gasteiger partial charge in [-0.15, -0.1) is 0 Å². The highest BCUT2D eigenvalue weighted by atomic mass is 19.1. The molecule has 0 radical (unpaired) electrons. The number of carbonyl (C=O) groups excluding carboxylic acids is 1. The molecule has 3 aromatic rings. The van der Waals surface area contributed by atoms with E-state index in [2.05, 4.69) is 10.2 Å². The van der Waals surface area contributed by atoms with Crippen molar-refractivity contribution < 1.29 is 19.4 Å². The molecule has 0 aliphatic carbocycles. The van der Waals surface area contributed by atoms with Crippen LogP contribution in [-0.2, 0) is 0 Å². The lowest BCUT2D eigenvalue weighted by atomic mass is 9.93. The maximum atomic E-state index is 14.6. The van der Waals surface area contributed by atoms with Gasteiger partial charge in [0.2, 0.25) is 0 Å². The van der Waals surface area contributed by atoms with E-state index in [1.54, 1.807) is 24.3 Å². The average Bonchev–Trinajstić information content (AvgIpc) is 3.16. The Morgan fingerprint density at radius 1 is 1.25 bits per heavy atom.